The van der Waals surface area contributed by atoms with E-state index in [0.717, 1.165) is 24.8 Å². The zero-order chi connectivity index (χ0) is 13.7. The Kier molecular flexibility index (Phi) is 4.97. The Morgan fingerprint density at radius 2 is 2.11 bits per heavy atom. The first-order valence-corrected chi connectivity index (χ1v) is 7.06. The molecule has 0 radical (unpaired) electrons. The van der Waals surface area contributed by atoms with Crippen molar-refractivity contribution in [2.75, 3.05) is 6.61 Å². The Hall–Kier alpha value is -1.35. The predicted octanol–water partition coefficient (Wildman–Crippen LogP) is 2.88. The molecule has 2 rings (SSSR count). The summed E-state index contributed by atoms with van der Waals surface area (Å²) in [5.41, 5.74) is 1.16. The molecule has 0 aromatic heterocycles. The van der Waals surface area contributed by atoms with E-state index in [-0.39, 0.29) is 30.5 Å². The van der Waals surface area contributed by atoms with Gasteiger partial charge in [-0.25, -0.2) is 0 Å². The van der Waals surface area contributed by atoms with Crippen molar-refractivity contribution in [2.45, 2.75) is 44.6 Å². The summed E-state index contributed by atoms with van der Waals surface area (Å²) in [6.45, 7) is 2.15. The molecule has 1 aromatic rings. The summed E-state index contributed by atoms with van der Waals surface area (Å²) in [5, 5.41) is 9.22. The molecular weight excluding hydrogens is 240 g/mol. The molecule has 0 heterocycles. The highest BCUT2D eigenvalue weighted by molar-refractivity contribution is 5.70. The number of rotatable bonds is 5. The van der Waals surface area contributed by atoms with Crippen LogP contribution in [0.2, 0.25) is 0 Å². The SMILES string of the molecule is C[C@H](CC(=O)O[C@@H]1CCC[C@@H]1CO)c1ccccc1. The van der Waals surface area contributed by atoms with Gasteiger partial charge in [-0.05, 0) is 30.7 Å². The van der Waals surface area contributed by atoms with Crippen LogP contribution in [0.5, 0.6) is 0 Å². The lowest BCUT2D eigenvalue weighted by atomic mass is 9.98. The van der Waals surface area contributed by atoms with Crippen LogP contribution in [0.3, 0.4) is 0 Å². The minimum atomic E-state index is -0.151. The van der Waals surface area contributed by atoms with Crippen LogP contribution in [0, 0.1) is 5.92 Å². The van der Waals surface area contributed by atoms with Crippen molar-refractivity contribution in [3.05, 3.63) is 35.9 Å². The molecule has 0 aliphatic heterocycles. The zero-order valence-electron chi connectivity index (χ0n) is 11.4. The van der Waals surface area contributed by atoms with E-state index in [9.17, 15) is 9.90 Å². The quantitative estimate of drug-likeness (QED) is 0.830. The van der Waals surface area contributed by atoms with Crippen LogP contribution < -0.4 is 0 Å². The highest BCUT2D eigenvalue weighted by atomic mass is 16.5. The average molecular weight is 262 g/mol. The Morgan fingerprint density at radius 1 is 1.37 bits per heavy atom. The van der Waals surface area contributed by atoms with Gasteiger partial charge in [0.15, 0.2) is 0 Å². The van der Waals surface area contributed by atoms with E-state index in [2.05, 4.69) is 0 Å². The third-order valence-electron chi connectivity index (χ3n) is 3.95. The normalized spacial score (nSPS) is 24.1. The van der Waals surface area contributed by atoms with Gasteiger partial charge in [-0.2, -0.15) is 0 Å². The van der Waals surface area contributed by atoms with E-state index >= 15 is 0 Å². The monoisotopic (exact) mass is 262 g/mol. The van der Waals surface area contributed by atoms with Crippen LogP contribution in [-0.2, 0) is 9.53 Å². The standard InChI is InChI=1S/C16H22O3/c1-12(13-6-3-2-4-7-13)10-16(18)19-15-9-5-8-14(15)11-17/h2-4,6-7,12,14-15,17H,5,8-11H2,1H3/t12-,14-,15-/m1/s1. The molecule has 1 aromatic carbocycles. The zero-order valence-corrected chi connectivity index (χ0v) is 11.4. The molecule has 3 heteroatoms. The van der Waals surface area contributed by atoms with E-state index < -0.39 is 0 Å². The van der Waals surface area contributed by atoms with Crippen LogP contribution in [0.1, 0.15) is 44.1 Å². The molecule has 0 unspecified atom stereocenters. The van der Waals surface area contributed by atoms with Crippen LogP contribution >= 0.6 is 0 Å². The number of ether oxygens (including phenoxy) is 1. The second-order valence-corrected chi connectivity index (χ2v) is 5.42. The fraction of sp³-hybridized carbons (Fsp3) is 0.562. The van der Waals surface area contributed by atoms with Crippen molar-refractivity contribution in [1.29, 1.82) is 0 Å². The molecule has 19 heavy (non-hydrogen) atoms. The van der Waals surface area contributed by atoms with Crippen molar-refractivity contribution < 1.29 is 14.6 Å². The van der Waals surface area contributed by atoms with Gasteiger partial charge < -0.3 is 9.84 Å². The van der Waals surface area contributed by atoms with Gasteiger partial charge in [-0.1, -0.05) is 37.3 Å². The molecule has 1 aliphatic rings. The topological polar surface area (TPSA) is 46.5 Å². The molecule has 3 nitrogen and oxygen atoms in total. The van der Waals surface area contributed by atoms with Crippen molar-refractivity contribution in [2.24, 2.45) is 5.92 Å². The van der Waals surface area contributed by atoms with Gasteiger partial charge in [0.2, 0.25) is 0 Å². The molecule has 1 fully saturated rings. The maximum absolute atomic E-state index is 11.9. The number of aliphatic hydroxyl groups excluding tert-OH is 1. The largest absolute Gasteiger partial charge is 0.462 e. The lowest BCUT2D eigenvalue weighted by Gasteiger charge is -2.19. The molecule has 0 spiro atoms. The summed E-state index contributed by atoms with van der Waals surface area (Å²) < 4.78 is 5.51. The Morgan fingerprint density at radius 3 is 2.79 bits per heavy atom. The van der Waals surface area contributed by atoms with E-state index in [1.807, 2.05) is 37.3 Å². The molecule has 0 amide bonds. The second kappa shape index (κ2) is 6.71. The van der Waals surface area contributed by atoms with E-state index in [4.69, 9.17) is 4.74 Å². The number of esters is 1. The number of aliphatic hydroxyl groups is 1. The predicted molar refractivity (Wildman–Crippen MR) is 73.8 cm³/mol. The summed E-state index contributed by atoms with van der Waals surface area (Å²) in [7, 11) is 0. The third kappa shape index (κ3) is 3.80. The third-order valence-corrected chi connectivity index (χ3v) is 3.95. The first-order valence-electron chi connectivity index (χ1n) is 7.06. The van der Waals surface area contributed by atoms with Crippen LogP contribution in [0.4, 0.5) is 0 Å². The molecule has 0 bridgehead atoms. The highest BCUT2D eigenvalue weighted by Crippen LogP contribution is 2.29. The van der Waals surface area contributed by atoms with Gasteiger partial charge in [0, 0.05) is 12.5 Å². The van der Waals surface area contributed by atoms with Gasteiger partial charge in [-0.3, -0.25) is 4.79 Å². The number of hydrogen-bond donors (Lipinski definition) is 1. The number of hydrogen-bond acceptors (Lipinski definition) is 3. The highest BCUT2D eigenvalue weighted by Gasteiger charge is 2.30. The molecular formula is C16H22O3. The number of benzene rings is 1. The lowest BCUT2D eigenvalue weighted by Crippen LogP contribution is -2.25. The molecule has 104 valence electrons. The van der Waals surface area contributed by atoms with Crippen LogP contribution in [0.15, 0.2) is 30.3 Å². The maximum atomic E-state index is 11.9. The summed E-state index contributed by atoms with van der Waals surface area (Å²) >= 11 is 0. The van der Waals surface area contributed by atoms with Gasteiger partial charge in [0.1, 0.15) is 6.10 Å². The van der Waals surface area contributed by atoms with E-state index in [0.29, 0.717) is 6.42 Å². The minimum Gasteiger partial charge on any atom is -0.462 e. The smallest absolute Gasteiger partial charge is 0.306 e. The van der Waals surface area contributed by atoms with Gasteiger partial charge in [-0.15, -0.1) is 0 Å². The average Bonchev–Trinajstić information content (AvgIpc) is 2.86. The summed E-state index contributed by atoms with van der Waals surface area (Å²) in [4.78, 5) is 11.9. The van der Waals surface area contributed by atoms with Gasteiger partial charge in [0.25, 0.3) is 0 Å². The number of carbonyl (C=O) groups excluding carboxylic acids is 1. The van der Waals surface area contributed by atoms with Gasteiger partial charge >= 0.3 is 5.97 Å². The van der Waals surface area contributed by atoms with Crippen molar-refractivity contribution >= 4 is 5.97 Å². The minimum absolute atomic E-state index is 0.0829. The summed E-state index contributed by atoms with van der Waals surface area (Å²) in [6.07, 6.45) is 3.20. The first kappa shape index (κ1) is 14.1. The maximum Gasteiger partial charge on any atom is 0.306 e. The van der Waals surface area contributed by atoms with E-state index in [1.165, 1.54) is 0 Å². The Balaban J connectivity index is 1.84. The fourth-order valence-electron chi connectivity index (χ4n) is 2.73. The molecule has 0 saturated heterocycles. The van der Waals surface area contributed by atoms with E-state index in [1.54, 1.807) is 0 Å². The molecule has 3 atom stereocenters. The summed E-state index contributed by atoms with van der Waals surface area (Å²) in [6, 6.07) is 10.00. The van der Waals surface area contributed by atoms with Crippen molar-refractivity contribution in [3.8, 4) is 0 Å². The fourth-order valence-corrected chi connectivity index (χ4v) is 2.73. The first-order chi connectivity index (χ1) is 9.20. The van der Waals surface area contributed by atoms with Crippen LogP contribution in [0.25, 0.3) is 0 Å². The Labute approximate surface area is 114 Å². The van der Waals surface area contributed by atoms with Gasteiger partial charge in [0.05, 0.1) is 6.42 Å². The van der Waals surface area contributed by atoms with Crippen molar-refractivity contribution in [3.63, 3.8) is 0 Å². The molecule has 1 saturated carbocycles. The second-order valence-electron chi connectivity index (χ2n) is 5.42. The van der Waals surface area contributed by atoms with Crippen LogP contribution in [-0.4, -0.2) is 23.8 Å². The lowest BCUT2D eigenvalue weighted by molar-refractivity contribution is -0.151. The van der Waals surface area contributed by atoms with Crippen molar-refractivity contribution in [1.82, 2.24) is 0 Å². The molecule has 1 aliphatic carbocycles. The number of carbonyl (C=O) groups is 1. The molecule has 1 N–H and O–H groups in total. The Bertz CT molecular complexity index is 402. The summed E-state index contributed by atoms with van der Waals surface area (Å²) in [5.74, 6) is 0.153.